The smallest absolute Gasteiger partial charge is 0.270 e. The van der Waals surface area contributed by atoms with Gasteiger partial charge in [-0.15, -0.1) is 0 Å². The van der Waals surface area contributed by atoms with E-state index in [4.69, 9.17) is 0 Å². The van der Waals surface area contributed by atoms with Gasteiger partial charge in [-0.05, 0) is 36.1 Å². The molecule has 0 radical (unpaired) electrons. The highest BCUT2D eigenvalue weighted by Gasteiger charge is 2.11. The first-order chi connectivity index (χ1) is 12.7. The summed E-state index contributed by atoms with van der Waals surface area (Å²) in [5, 5.41) is 4.78. The van der Waals surface area contributed by atoms with E-state index < -0.39 is 0 Å². The van der Waals surface area contributed by atoms with E-state index in [0.29, 0.717) is 12.2 Å². The van der Waals surface area contributed by atoms with Gasteiger partial charge in [0.2, 0.25) is 0 Å². The molecule has 3 aromatic heterocycles. The van der Waals surface area contributed by atoms with Crippen molar-refractivity contribution >= 4 is 16.7 Å². The summed E-state index contributed by atoms with van der Waals surface area (Å²) < 4.78 is 1.90. The van der Waals surface area contributed by atoms with E-state index in [1.807, 2.05) is 60.2 Å². The van der Waals surface area contributed by atoms with Crippen LogP contribution < -0.4 is 5.32 Å². The second-order valence-corrected chi connectivity index (χ2v) is 5.93. The molecule has 0 unspecified atom stereocenters. The van der Waals surface area contributed by atoms with Gasteiger partial charge in [-0.1, -0.05) is 24.3 Å². The maximum atomic E-state index is 12.6. The molecule has 6 nitrogen and oxygen atoms in total. The molecule has 0 atom stereocenters. The maximum Gasteiger partial charge on any atom is 0.270 e. The topological polar surface area (TPSA) is 72.7 Å². The molecule has 4 rings (SSSR count). The molecule has 0 aliphatic carbocycles. The highest BCUT2D eigenvalue weighted by Crippen LogP contribution is 2.16. The highest BCUT2D eigenvalue weighted by atomic mass is 16.1. The molecule has 4 aromatic rings. The van der Waals surface area contributed by atoms with Crippen LogP contribution in [0.25, 0.3) is 16.6 Å². The third-order valence-corrected chi connectivity index (χ3v) is 4.22. The Morgan fingerprint density at radius 1 is 1.04 bits per heavy atom. The first-order valence-corrected chi connectivity index (χ1v) is 8.29. The molecule has 0 saturated heterocycles. The zero-order valence-electron chi connectivity index (χ0n) is 14.3. The summed E-state index contributed by atoms with van der Waals surface area (Å²) in [6.45, 7) is 2.31. The Hall–Kier alpha value is -3.54. The van der Waals surface area contributed by atoms with Gasteiger partial charge in [-0.2, -0.15) is 0 Å². The lowest BCUT2D eigenvalue weighted by molar-refractivity contribution is 0.0948. The average Bonchev–Trinajstić information content (AvgIpc) is 3.12. The van der Waals surface area contributed by atoms with Crippen molar-refractivity contribution in [3.63, 3.8) is 0 Å². The molecule has 26 heavy (non-hydrogen) atoms. The largest absolute Gasteiger partial charge is 0.347 e. The van der Waals surface area contributed by atoms with Crippen LogP contribution in [0.15, 0.2) is 67.3 Å². The molecule has 0 fully saturated rings. The lowest BCUT2D eigenvalue weighted by Gasteiger charge is -2.09. The number of rotatable bonds is 4. The minimum atomic E-state index is -0.195. The van der Waals surface area contributed by atoms with Crippen molar-refractivity contribution in [3.8, 4) is 5.82 Å². The zero-order chi connectivity index (χ0) is 17.9. The van der Waals surface area contributed by atoms with Crippen LogP contribution in [0.3, 0.4) is 0 Å². The molecule has 0 spiro atoms. The zero-order valence-corrected chi connectivity index (χ0v) is 14.3. The van der Waals surface area contributed by atoms with E-state index in [9.17, 15) is 4.79 Å². The average molecular weight is 343 g/mol. The molecule has 128 valence electrons. The predicted molar refractivity (Wildman–Crippen MR) is 99.0 cm³/mol. The second kappa shape index (κ2) is 6.76. The molecular formula is C20H17N5O. The summed E-state index contributed by atoms with van der Waals surface area (Å²) in [5.41, 5.74) is 1.39. The number of pyridine rings is 2. The minimum Gasteiger partial charge on any atom is -0.347 e. The number of fused-ring (bicyclic) bond motifs is 1. The van der Waals surface area contributed by atoms with Crippen molar-refractivity contribution in [1.82, 2.24) is 24.8 Å². The van der Waals surface area contributed by atoms with Crippen molar-refractivity contribution in [2.75, 3.05) is 0 Å². The minimum absolute atomic E-state index is 0.195. The van der Waals surface area contributed by atoms with Crippen molar-refractivity contribution in [1.29, 1.82) is 0 Å². The van der Waals surface area contributed by atoms with E-state index in [-0.39, 0.29) is 5.91 Å². The van der Waals surface area contributed by atoms with Crippen molar-refractivity contribution < 1.29 is 4.79 Å². The molecule has 1 aromatic carbocycles. The van der Waals surface area contributed by atoms with Gasteiger partial charge in [-0.3, -0.25) is 14.3 Å². The molecule has 6 heteroatoms. The summed E-state index contributed by atoms with van der Waals surface area (Å²) in [5.74, 6) is 1.44. The molecule has 3 heterocycles. The van der Waals surface area contributed by atoms with Gasteiger partial charge in [0.05, 0.1) is 0 Å². The second-order valence-electron chi connectivity index (χ2n) is 5.93. The molecule has 0 saturated carbocycles. The van der Waals surface area contributed by atoms with Gasteiger partial charge >= 0.3 is 0 Å². The van der Waals surface area contributed by atoms with Gasteiger partial charge in [-0.25, -0.2) is 9.97 Å². The molecule has 0 aliphatic rings. The van der Waals surface area contributed by atoms with Gasteiger partial charge in [0.1, 0.15) is 17.3 Å². The Balaban J connectivity index is 1.54. The number of carbonyl (C=O) groups excluding carboxylic acids is 1. The number of hydrogen-bond donors (Lipinski definition) is 1. The number of nitrogens with one attached hydrogen (secondary N) is 1. The van der Waals surface area contributed by atoms with Crippen LogP contribution in [0.1, 0.15) is 21.9 Å². The maximum absolute atomic E-state index is 12.6. The van der Waals surface area contributed by atoms with Crippen molar-refractivity contribution in [2.24, 2.45) is 0 Å². The monoisotopic (exact) mass is 343 g/mol. The predicted octanol–water partition coefficient (Wildman–Crippen LogP) is 3.05. The van der Waals surface area contributed by atoms with E-state index in [0.717, 1.165) is 28.0 Å². The Bertz CT molecular complexity index is 1080. The van der Waals surface area contributed by atoms with Gasteiger partial charge in [0.15, 0.2) is 0 Å². The normalized spacial score (nSPS) is 10.8. The van der Waals surface area contributed by atoms with E-state index >= 15 is 0 Å². The van der Waals surface area contributed by atoms with Crippen LogP contribution in [-0.2, 0) is 6.54 Å². The number of hydrogen-bond acceptors (Lipinski definition) is 4. The van der Waals surface area contributed by atoms with Crippen molar-refractivity contribution in [3.05, 3.63) is 84.3 Å². The summed E-state index contributed by atoms with van der Waals surface area (Å²) >= 11 is 0. The summed E-state index contributed by atoms with van der Waals surface area (Å²) in [7, 11) is 0. The fraction of sp³-hybridized carbons (Fsp3) is 0.100. The standard InChI is InChI=1S/C20H17N5O/c1-14-21-10-11-25(14)18-12-15(6-8-22-18)13-24-20(26)19-17-5-3-2-4-16(17)7-9-23-19/h2-12H,13H2,1H3,(H,24,26). The van der Waals surface area contributed by atoms with Gasteiger partial charge in [0.25, 0.3) is 5.91 Å². The number of imidazole rings is 1. The van der Waals surface area contributed by atoms with E-state index in [1.54, 1.807) is 18.6 Å². The van der Waals surface area contributed by atoms with Gasteiger partial charge in [0, 0.05) is 36.7 Å². The molecule has 1 amide bonds. The fourth-order valence-corrected chi connectivity index (χ4v) is 2.89. The Kier molecular flexibility index (Phi) is 4.15. The van der Waals surface area contributed by atoms with Crippen molar-refractivity contribution in [2.45, 2.75) is 13.5 Å². The molecule has 1 N–H and O–H groups in total. The quantitative estimate of drug-likeness (QED) is 0.618. The van der Waals surface area contributed by atoms with Crippen LogP contribution in [0, 0.1) is 6.92 Å². The Labute approximate surface area is 150 Å². The number of nitrogens with zero attached hydrogens (tertiary/aromatic N) is 4. The van der Waals surface area contributed by atoms with Crippen LogP contribution in [0.5, 0.6) is 0 Å². The molecule has 0 bridgehead atoms. The number of carbonyl (C=O) groups is 1. The molecule has 0 aliphatic heterocycles. The third kappa shape index (κ3) is 3.04. The third-order valence-electron chi connectivity index (χ3n) is 4.22. The number of aryl methyl sites for hydroxylation is 1. The summed E-state index contributed by atoms with van der Waals surface area (Å²) in [4.78, 5) is 25.4. The summed E-state index contributed by atoms with van der Waals surface area (Å²) in [6, 6.07) is 13.4. The van der Waals surface area contributed by atoms with Gasteiger partial charge < -0.3 is 5.32 Å². The lowest BCUT2D eigenvalue weighted by Crippen LogP contribution is -2.24. The lowest BCUT2D eigenvalue weighted by atomic mass is 10.1. The van der Waals surface area contributed by atoms with Crippen LogP contribution in [-0.4, -0.2) is 25.4 Å². The number of aromatic nitrogens is 4. The van der Waals surface area contributed by atoms with E-state index in [1.165, 1.54) is 0 Å². The Morgan fingerprint density at radius 2 is 1.88 bits per heavy atom. The molecular weight excluding hydrogens is 326 g/mol. The first kappa shape index (κ1) is 16.0. The van der Waals surface area contributed by atoms with Crippen LogP contribution in [0.2, 0.25) is 0 Å². The van der Waals surface area contributed by atoms with E-state index in [2.05, 4.69) is 20.3 Å². The fourth-order valence-electron chi connectivity index (χ4n) is 2.89. The number of amides is 1. The highest BCUT2D eigenvalue weighted by molar-refractivity contribution is 6.05. The van der Waals surface area contributed by atoms with Crippen LogP contribution in [0.4, 0.5) is 0 Å². The number of benzene rings is 1. The van der Waals surface area contributed by atoms with Crippen LogP contribution >= 0.6 is 0 Å². The SMILES string of the molecule is Cc1nccn1-c1cc(CNC(=O)c2nccc3ccccc23)ccn1. The first-order valence-electron chi connectivity index (χ1n) is 8.29. The Morgan fingerprint density at radius 3 is 2.73 bits per heavy atom. The summed E-state index contributed by atoms with van der Waals surface area (Å²) in [6.07, 6.45) is 6.98.